The molecule has 0 atom stereocenters. The van der Waals surface area contributed by atoms with Crippen LogP contribution in [0.5, 0.6) is 0 Å². The molecule has 0 aliphatic carbocycles. The lowest BCUT2D eigenvalue weighted by molar-refractivity contribution is -0.137. The van der Waals surface area contributed by atoms with Crippen LogP contribution in [-0.2, 0) is 6.18 Å². The molecular weight excluding hydrogens is 207 g/mol. The van der Waals surface area contributed by atoms with Crippen molar-refractivity contribution >= 4 is 5.82 Å². The first-order valence-electron chi connectivity index (χ1n) is 4.35. The number of hydrogen-bond acceptors (Lipinski definition) is 3. The Balaban J connectivity index is 3.08. The van der Waals surface area contributed by atoms with Crippen LogP contribution in [0.4, 0.5) is 19.0 Å². The molecule has 0 radical (unpaired) electrons. The Morgan fingerprint density at radius 1 is 1.20 bits per heavy atom. The molecule has 84 valence electrons. The van der Waals surface area contributed by atoms with E-state index in [9.17, 15) is 13.2 Å². The van der Waals surface area contributed by atoms with Crippen LogP contribution in [0.25, 0.3) is 0 Å². The molecule has 0 aliphatic heterocycles. The van der Waals surface area contributed by atoms with Crippen molar-refractivity contribution in [3.05, 3.63) is 18.1 Å². The summed E-state index contributed by atoms with van der Waals surface area (Å²) in [5.74, 6) is -0.190. The van der Waals surface area contributed by atoms with Gasteiger partial charge in [0, 0.05) is 11.7 Å². The van der Waals surface area contributed by atoms with E-state index < -0.39 is 17.3 Å². The number of rotatable bonds is 1. The second-order valence-electron chi connectivity index (χ2n) is 4.16. The van der Waals surface area contributed by atoms with Crippen molar-refractivity contribution < 1.29 is 13.2 Å². The molecule has 0 fully saturated rings. The highest BCUT2D eigenvalue weighted by Gasteiger charge is 2.35. The van der Waals surface area contributed by atoms with E-state index in [4.69, 9.17) is 0 Å². The summed E-state index contributed by atoms with van der Waals surface area (Å²) in [7, 11) is 0. The quantitative estimate of drug-likeness (QED) is 0.789. The molecule has 1 rings (SSSR count). The van der Waals surface area contributed by atoms with Gasteiger partial charge in [0.25, 0.3) is 0 Å². The van der Waals surface area contributed by atoms with E-state index in [0.29, 0.717) is 0 Å². The fraction of sp³-hybridized carbons (Fsp3) is 0.556. The van der Waals surface area contributed by atoms with Crippen LogP contribution in [0.1, 0.15) is 26.3 Å². The third kappa shape index (κ3) is 3.38. The predicted molar refractivity (Wildman–Crippen MR) is 50.4 cm³/mol. The van der Waals surface area contributed by atoms with Crippen molar-refractivity contribution in [2.75, 3.05) is 5.32 Å². The average molecular weight is 219 g/mol. The van der Waals surface area contributed by atoms with E-state index >= 15 is 0 Å². The average Bonchev–Trinajstić information content (AvgIpc) is 1.99. The molecule has 0 aliphatic rings. The van der Waals surface area contributed by atoms with Crippen LogP contribution in [0, 0.1) is 0 Å². The summed E-state index contributed by atoms with van der Waals surface area (Å²) in [5, 5.41) is 2.69. The molecule has 3 nitrogen and oxygen atoms in total. The molecular formula is C9H12F3N3. The second kappa shape index (κ2) is 3.67. The Labute approximate surface area is 85.7 Å². The molecule has 0 saturated heterocycles. The van der Waals surface area contributed by atoms with Crippen molar-refractivity contribution in [1.29, 1.82) is 0 Å². The summed E-state index contributed by atoms with van der Waals surface area (Å²) in [6.07, 6.45) is -2.58. The molecule has 15 heavy (non-hydrogen) atoms. The van der Waals surface area contributed by atoms with Crippen LogP contribution in [0.15, 0.2) is 12.5 Å². The number of anilines is 1. The Morgan fingerprint density at radius 3 is 2.27 bits per heavy atom. The van der Waals surface area contributed by atoms with Gasteiger partial charge in [0.15, 0.2) is 0 Å². The standard InChI is InChI=1S/C9H12F3N3/c1-8(2,3)15-7-6(9(10,11)12)4-13-5-14-7/h4-5H,1-3H3,(H,13,14,15). The molecule has 6 heteroatoms. The van der Waals surface area contributed by atoms with E-state index in [0.717, 1.165) is 12.5 Å². The van der Waals surface area contributed by atoms with E-state index in [1.54, 1.807) is 20.8 Å². The molecule has 0 aromatic carbocycles. The number of halogens is 3. The zero-order valence-corrected chi connectivity index (χ0v) is 8.68. The molecule has 1 heterocycles. The van der Waals surface area contributed by atoms with Gasteiger partial charge in [0.05, 0.1) is 0 Å². The van der Waals surface area contributed by atoms with Crippen LogP contribution < -0.4 is 5.32 Å². The fourth-order valence-corrected chi connectivity index (χ4v) is 0.992. The van der Waals surface area contributed by atoms with Crippen molar-refractivity contribution in [3.63, 3.8) is 0 Å². The maximum atomic E-state index is 12.5. The number of nitrogens with one attached hydrogen (secondary N) is 1. The molecule has 0 bridgehead atoms. The lowest BCUT2D eigenvalue weighted by Gasteiger charge is -2.23. The van der Waals surface area contributed by atoms with E-state index in [1.807, 2.05) is 0 Å². The summed E-state index contributed by atoms with van der Waals surface area (Å²) in [5.41, 5.74) is -1.33. The van der Waals surface area contributed by atoms with Crippen LogP contribution in [-0.4, -0.2) is 15.5 Å². The van der Waals surface area contributed by atoms with Gasteiger partial charge in [-0.05, 0) is 20.8 Å². The second-order valence-corrected chi connectivity index (χ2v) is 4.16. The first kappa shape index (κ1) is 11.7. The van der Waals surface area contributed by atoms with Crippen LogP contribution >= 0.6 is 0 Å². The van der Waals surface area contributed by atoms with Gasteiger partial charge in [-0.15, -0.1) is 0 Å². The van der Waals surface area contributed by atoms with Gasteiger partial charge >= 0.3 is 6.18 Å². The molecule has 1 N–H and O–H groups in total. The van der Waals surface area contributed by atoms with Gasteiger partial charge in [-0.1, -0.05) is 0 Å². The van der Waals surface area contributed by atoms with Gasteiger partial charge in [-0.2, -0.15) is 13.2 Å². The number of aromatic nitrogens is 2. The highest BCUT2D eigenvalue weighted by molar-refractivity contribution is 5.45. The lowest BCUT2D eigenvalue weighted by atomic mass is 10.1. The molecule has 0 spiro atoms. The summed E-state index contributed by atoms with van der Waals surface area (Å²) >= 11 is 0. The maximum Gasteiger partial charge on any atom is 0.421 e. The maximum absolute atomic E-state index is 12.5. The smallest absolute Gasteiger partial charge is 0.365 e. The number of hydrogen-bond donors (Lipinski definition) is 1. The topological polar surface area (TPSA) is 37.8 Å². The SMILES string of the molecule is CC(C)(C)Nc1ncncc1C(F)(F)F. The predicted octanol–water partition coefficient (Wildman–Crippen LogP) is 2.71. The zero-order valence-electron chi connectivity index (χ0n) is 8.68. The Kier molecular flexibility index (Phi) is 2.88. The van der Waals surface area contributed by atoms with Crippen molar-refractivity contribution in [2.24, 2.45) is 0 Å². The third-order valence-corrected chi connectivity index (χ3v) is 1.51. The van der Waals surface area contributed by atoms with Crippen LogP contribution in [0.2, 0.25) is 0 Å². The summed E-state index contributed by atoms with van der Waals surface area (Å²) < 4.78 is 37.5. The van der Waals surface area contributed by atoms with Gasteiger partial charge in [-0.25, -0.2) is 9.97 Å². The minimum absolute atomic E-state index is 0.190. The van der Waals surface area contributed by atoms with Gasteiger partial charge in [-0.3, -0.25) is 0 Å². The van der Waals surface area contributed by atoms with E-state index in [1.165, 1.54) is 0 Å². The number of nitrogens with zero attached hydrogens (tertiary/aromatic N) is 2. The highest BCUT2D eigenvalue weighted by Crippen LogP contribution is 2.33. The van der Waals surface area contributed by atoms with Gasteiger partial charge < -0.3 is 5.32 Å². The first-order chi connectivity index (χ1) is 6.70. The molecule has 0 amide bonds. The molecule has 0 saturated carbocycles. The summed E-state index contributed by atoms with van der Waals surface area (Å²) in [4.78, 5) is 6.96. The largest absolute Gasteiger partial charge is 0.421 e. The summed E-state index contributed by atoms with van der Waals surface area (Å²) in [6, 6.07) is 0. The van der Waals surface area contributed by atoms with Gasteiger partial charge in [0.1, 0.15) is 17.7 Å². The van der Waals surface area contributed by atoms with E-state index in [-0.39, 0.29) is 5.82 Å². The first-order valence-corrected chi connectivity index (χ1v) is 4.35. The van der Waals surface area contributed by atoms with Crippen LogP contribution in [0.3, 0.4) is 0 Å². The summed E-state index contributed by atoms with van der Waals surface area (Å²) in [6.45, 7) is 5.28. The normalized spacial score (nSPS) is 12.7. The molecule has 0 unspecified atom stereocenters. The zero-order chi connectivity index (χ0) is 11.7. The monoisotopic (exact) mass is 219 g/mol. The lowest BCUT2D eigenvalue weighted by Crippen LogP contribution is -2.28. The minimum Gasteiger partial charge on any atom is -0.365 e. The molecule has 1 aromatic heterocycles. The Hall–Kier alpha value is -1.33. The fourth-order valence-electron chi connectivity index (χ4n) is 0.992. The van der Waals surface area contributed by atoms with E-state index in [2.05, 4.69) is 15.3 Å². The third-order valence-electron chi connectivity index (χ3n) is 1.51. The Morgan fingerprint density at radius 2 is 1.80 bits per heavy atom. The minimum atomic E-state index is -4.44. The van der Waals surface area contributed by atoms with Crippen molar-refractivity contribution in [2.45, 2.75) is 32.5 Å². The van der Waals surface area contributed by atoms with Crippen molar-refractivity contribution in [1.82, 2.24) is 9.97 Å². The highest BCUT2D eigenvalue weighted by atomic mass is 19.4. The molecule has 1 aromatic rings. The van der Waals surface area contributed by atoms with Crippen molar-refractivity contribution in [3.8, 4) is 0 Å². The number of alkyl halides is 3. The van der Waals surface area contributed by atoms with Gasteiger partial charge in [0.2, 0.25) is 0 Å². The Bertz CT molecular complexity index is 341.